The zero-order chi connectivity index (χ0) is 36.0. The van der Waals surface area contributed by atoms with Crippen LogP contribution in [0.1, 0.15) is 51.2 Å². The Morgan fingerprint density at radius 1 is 0.800 bits per heavy atom. The quantitative estimate of drug-likeness (QED) is 0.0745. The maximum absolute atomic E-state index is 13.6. The lowest BCUT2D eigenvalue weighted by atomic mass is 9.84. The van der Waals surface area contributed by atoms with Gasteiger partial charge in [-0.3, -0.25) is 14.5 Å². The topological polar surface area (TPSA) is 247 Å². The first kappa shape index (κ1) is 37.3. The Kier molecular flexibility index (Phi) is 13.7. The summed E-state index contributed by atoms with van der Waals surface area (Å²) >= 11 is 0. The average molecular weight is 691 g/mol. The maximum Gasteiger partial charge on any atom is 0.410 e. The van der Waals surface area contributed by atoms with E-state index in [2.05, 4.69) is 30.1 Å². The molecule has 0 radical (unpaired) electrons. The largest absolute Gasteiger partial charge is 0.458 e. The molecule has 2 aliphatic rings. The molecule has 0 bridgehead atoms. The van der Waals surface area contributed by atoms with E-state index in [9.17, 15) is 31.0 Å². The Morgan fingerprint density at radius 3 is 1.92 bits per heavy atom. The molecular weight excluding hydrogens is 652 g/mol. The fourth-order valence-corrected chi connectivity index (χ4v) is 6.10. The van der Waals surface area contributed by atoms with Crippen LogP contribution in [0, 0.1) is 0 Å². The van der Waals surface area contributed by atoms with Gasteiger partial charge in [-0.25, -0.2) is 4.79 Å². The van der Waals surface area contributed by atoms with Gasteiger partial charge in [-0.05, 0) is 53.9 Å². The lowest BCUT2D eigenvalue weighted by Gasteiger charge is -2.46. The summed E-state index contributed by atoms with van der Waals surface area (Å²) < 4.78 is 29.5. The predicted octanol–water partition coefficient (Wildman–Crippen LogP) is 6.41. The van der Waals surface area contributed by atoms with Crippen LogP contribution in [-0.2, 0) is 46.4 Å². The normalized spacial score (nSPS) is 26.4. The molecule has 1 saturated carbocycles. The Labute approximate surface area is 287 Å². The van der Waals surface area contributed by atoms with Crippen molar-refractivity contribution in [3.63, 3.8) is 0 Å². The number of carbonyl (C=O) groups is 3. The van der Waals surface area contributed by atoms with Crippen LogP contribution in [0.4, 0.5) is 4.79 Å². The molecule has 0 aromatic heterocycles. The molecule has 9 atom stereocenters. The van der Waals surface area contributed by atoms with Crippen LogP contribution < -0.4 is 0 Å². The van der Waals surface area contributed by atoms with Crippen molar-refractivity contribution in [2.75, 3.05) is 0 Å². The van der Waals surface area contributed by atoms with Crippen molar-refractivity contribution in [1.29, 1.82) is 0 Å². The Morgan fingerprint density at radius 2 is 1.34 bits per heavy atom. The number of esters is 2. The second-order valence-corrected chi connectivity index (χ2v) is 11.8. The molecule has 1 heterocycles. The van der Waals surface area contributed by atoms with Gasteiger partial charge < -0.3 is 23.7 Å². The lowest BCUT2D eigenvalue weighted by molar-refractivity contribution is -0.263. The number of rotatable bonds is 13. The number of hydrogen-bond donors (Lipinski definition) is 0. The van der Waals surface area contributed by atoms with Crippen molar-refractivity contribution < 1.29 is 38.1 Å². The molecule has 18 nitrogen and oxygen atoms in total. The van der Waals surface area contributed by atoms with Crippen LogP contribution in [0.5, 0.6) is 0 Å². The minimum Gasteiger partial charge on any atom is -0.458 e. The Bertz CT molecular complexity index is 1620. The summed E-state index contributed by atoms with van der Waals surface area (Å²) in [4.78, 5) is 48.2. The van der Waals surface area contributed by atoms with Gasteiger partial charge in [0.05, 0.1) is 30.3 Å². The molecule has 0 spiro atoms. The summed E-state index contributed by atoms with van der Waals surface area (Å²) in [6.45, 7) is 4.30. The molecule has 1 unspecified atom stereocenters. The molecule has 18 heteroatoms. The highest BCUT2D eigenvalue weighted by atomic mass is 16.7. The average Bonchev–Trinajstić information content (AvgIpc) is 3.10. The summed E-state index contributed by atoms with van der Waals surface area (Å²) in [6.07, 6.45) is -6.07. The molecule has 2 fully saturated rings. The van der Waals surface area contributed by atoms with Crippen molar-refractivity contribution in [2.24, 2.45) is 15.3 Å². The molecule has 50 heavy (non-hydrogen) atoms. The molecule has 1 aliphatic heterocycles. The third-order valence-electron chi connectivity index (χ3n) is 8.42. The van der Waals surface area contributed by atoms with Crippen LogP contribution in [-0.4, -0.2) is 77.8 Å². The molecule has 2 aromatic rings. The van der Waals surface area contributed by atoms with Gasteiger partial charge in [0.1, 0.15) is 18.8 Å². The predicted molar refractivity (Wildman–Crippen MR) is 175 cm³/mol. The fourth-order valence-electron chi connectivity index (χ4n) is 6.10. The minimum atomic E-state index is -1.41. The Hall–Kier alpha value is -5.50. The van der Waals surface area contributed by atoms with Gasteiger partial charge in [-0.1, -0.05) is 76.0 Å². The molecule has 264 valence electrons. The van der Waals surface area contributed by atoms with Crippen molar-refractivity contribution in [3.8, 4) is 0 Å². The number of ether oxygens (including phenoxy) is 5. The third kappa shape index (κ3) is 10.0. The van der Waals surface area contributed by atoms with Crippen LogP contribution in [0.25, 0.3) is 31.3 Å². The summed E-state index contributed by atoms with van der Waals surface area (Å²) in [5.41, 5.74) is 29.6. The third-order valence-corrected chi connectivity index (χ3v) is 8.42. The van der Waals surface area contributed by atoms with Gasteiger partial charge in [0.15, 0.2) is 12.4 Å². The second kappa shape index (κ2) is 18.3. The highest BCUT2D eigenvalue weighted by molar-refractivity contribution is 5.68. The fraction of sp³-hybridized carbons (Fsp3) is 0.531. The van der Waals surface area contributed by atoms with Crippen molar-refractivity contribution in [3.05, 3.63) is 103 Å². The van der Waals surface area contributed by atoms with E-state index in [4.69, 9.17) is 23.7 Å². The van der Waals surface area contributed by atoms with Crippen LogP contribution in [0.15, 0.2) is 76.0 Å². The van der Waals surface area contributed by atoms with Gasteiger partial charge in [0.25, 0.3) is 0 Å². The maximum atomic E-state index is 13.6. The van der Waals surface area contributed by atoms with Gasteiger partial charge in [0.2, 0.25) is 0 Å². The van der Waals surface area contributed by atoms with Crippen molar-refractivity contribution in [1.82, 2.24) is 4.90 Å². The van der Waals surface area contributed by atoms with Crippen molar-refractivity contribution in [2.45, 2.75) is 108 Å². The van der Waals surface area contributed by atoms with E-state index in [0.29, 0.717) is 6.42 Å². The molecular formula is C32H38N10O8. The molecule has 1 saturated heterocycles. The second-order valence-electron chi connectivity index (χ2n) is 11.8. The molecule has 2 aromatic carbocycles. The monoisotopic (exact) mass is 690 g/mol. The first-order valence-electron chi connectivity index (χ1n) is 15.9. The number of nitrogens with zero attached hydrogens (tertiary/aromatic N) is 10. The van der Waals surface area contributed by atoms with E-state index < -0.39 is 72.9 Å². The van der Waals surface area contributed by atoms with Gasteiger partial charge >= 0.3 is 18.0 Å². The number of azide groups is 3. The lowest BCUT2D eigenvalue weighted by Crippen LogP contribution is -2.60. The summed E-state index contributed by atoms with van der Waals surface area (Å²) in [5.74, 6) is -1.53. The SMILES string of the molecule is CC(=O)OC1[C@@H](OC(C)=O)[C@H](N=[N+]=[N-])C[C@H](N=[N+]=[N-])[C@H]1O[C@H]1O[C@H]([C@@H](C)N(Cc2ccccc2)C(=O)OCc2ccccc2)CC[C@H]1N=[N+]=[N-]. The standard InChI is InChI=1S/C32H38N10O8/c1-19(42(17-22-10-6-4-7-11-22)32(45)46-18-23-12-8-5-9-13-23)27-15-14-24(36-39-33)31(49-27)50-29-26(38-41-35)16-25(37-40-34)28(47-20(2)43)30(29)48-21(3)44/h4-13,19,24-31H,14-18H2,1-3H3/t19-,24-,25-,26+,27+,28+,29-,30?,31-/m1/s1. The van der Waals surface area contributed by atoms with Crippen LogP contribution >= 0.6 is 0 Å². The first-order valence-corrected chi connectivity index (χ1v) is 15.9. The van der Waals surface area contributed by atoms with Gasteiger partial charge in [0, 0.05) is 35.1 Å². The first-order chi connectivity index (χ1) is 24.1. The number of carbonyl (C=O) groups excluding carboxylic acids is 3. The molecule has 1 aliphatic carbocycles. The molecule has 1 amide bonds. The number of benzene rings is 2. The van der Waals surface area contributed by atoms with Gasteiger partial charge in [-0.15, -0.1) is 0 Å². The molecule has 0 N–H and O–H groups in total. The van der Waals surface area contributed by atoms with E-state index in [1.807, 2.05) is 60.7 Å². The van der Waals surface area contributed by atoms with E-state index in [0.717, 1.165) is 25.0 Å². The van der Waals surface area contributed by atoms with E-state index in [1.54, 1.807) is 11.8 Å². The minimum absolute atomic E-state index is 0.0499. The zero-order valence-electron chi connectivity index (χ0n) is 27.7. The summed E-state index contributed by atoms with van der Waals surface area (Å²) in [5, 5.41) is 11.4. The summed E-state index contributed by atoms with van der Waals surface area (Å²) in [6, 6.07) is 14.9. The Balaban J connectivity index is 1.64. The highest BCUT2D eigenvalue weighted by Crippen LogP contribution is 2.36. The van der Waals surface area contributed by atoms with E-state index >= 15 is 0 Å². The van der Waals surface area contributed by atoms with E-state index in [-0.39, 0.29) is 26.0 Å². The van der Waals surface area contributed by atoms with Crippen LogP contribution in [0.3, 0.4) is 0 Å². The zero-order valence-corrected chi connectivity index (χ0v) is 27.7. The summed E-state index contributed by atoms with van der Waals surface area (Å²) in [7, 11) is 0. The number of amides is 1. The number of hydrogen-bond acceptors (Lipinski definition) is 11. The van der Waals surface area contributed by atoms with Crippen LogP contribution in [0.2, 0.25) is 0 Å². The smallest absolute Gasteiger partial charge is 0.410 e. The van der Waals surface area contributed by atoms with Crippen molar-refractivity contribution >= 4 is 18.0 Å². The highest BCUT2D eigenvalue weighted by Gasteiger charge is 2.51. The van der Waals surface area contributed by atoms with E-state index in [1.165, 1.54) is 0 Å². The molecule has 4 rings (SSSR count). The van der Waals surface area contributed by atoms with Gasteiger partial charge in [-0.2, -0.15) is 0 Å².